The number of hydrogen-bond acceptors (Lipinski definition) is 3. The van der Waals surface area contributed by atoms with Crippen LogP contribution in [0.3, 0.4) is 0 Å². The van der Waals surface area contributed by atoms with Crippen LogP contribution < -0.4 is 5.19 Å². The van der Waals surface area contributed by atoms with Gasteiger partial charge in [-0.05, 0) is 42.3 Å². The quantitative estimate of drug-likeness (QED) is 0.547. The highest BCUT2D eigenvalue weighted by Gasteiger charge is 2.09. The molecule has 23 heavy (non-hydrogen) atoms. The molecule has 0 heterocycles. The molecule has 0 aliphatic carbocycles. The molecule has 0 atom stereocenters. The smallest absolute Gasteiger partial charge is 0.261 e. The molecule has 0 aliphatic rings. The van der Waals surface area contributed by atoms with Crippen LogP contribution in [0.2, 0.25) is 0 Å². The molecule has 0 amide bonds. The molecule has 0 radical (unpaired) electrons. The van der Waals surface area contributed by atoms with Crippen molar-refractivity contribution in [2.24, 2.45) is 0 Å². The van der Waals surface area contributed by atoms with Crippen molar-refractivity contribution >= 4 is 14.9 Å². The summed E-state index contributed by atoms with van der Waals surface area (Å²) in [5.41, 5.74) is 1.27. The summed E-state index contributed by atoms with van der Waals surface area (Å²) in [6, 6.07) is 10.9. The summed E-state index contributed by atoms with van der Waals surface area (Å²) in [5.74, 6) is -1.17. The first-order valence-corrected chi connectivity index (χ1v) is 8.81. The lowest BCUT2D eigenvalue weighted by atomic mass is 10.1. The Bertz CT molecular complexity index is 593. The zero-order valence-corrected chi connectivity index (χ0v) is 14.6. The van der Waals surface area contributed by atoms with Gasteiger partial charge in [0.2, 0.25) is 0 Å². The summed E-state index contributed by atoms with van der Waals surface area (Å²) < 4.78 is 42.9. The molecule has 6 heteroatoms. The first-order valence-electron chi connectivity index (χ1n) is 7.52. The fraction of sp³-hybridized carbons (Fsp3) is 0.294. The van der Waals surface area contributed by atoms with Crippen LogP contribution in [-0.2, 0) is 13.9 Å². The molecule has 2 aromatic carbocycles. The predicted octanol–water partition coefficient (Wildman–Crippen LogP) is 2.71. The van der Waals surface area contributed by atoms with E-state index in [1.54, 1.807) is 0 Å². The lowest BCUT2D eigenvalue weighted by Gasteiger charge is -2.17. The van der Waals surface area contributed by atoms with Crippen molar-refractivity contribution in [1.29, 1.82) is 0 Å². The van der Waals surface area contributed by atoms with Gasteiger partial charge in [0.1, 0.15) is 11.6 Å². The third-order valence-electron chi connectivity index (χ3n) is 3.14. The summed E-state index contributed by atoms with van der Waals surface area (Å²) in [4.78, 5) is 0. The SMILES string of the molecule is CCOC(OCC)O[SiH2]c1ccc(-c2cc(F)cc(F)c2)cc1. The minimum absolute atomic E-state index is 0.512. The summed E-state index contributed by atoms with van der Waals surface area (Å²) >= 11 is 0. The highest BCUT2D eigenvalue weighted by Crippen LogP contribution is 2.20. The maximum atomic E-state index is 13.3. The van der Waals surface area contributed by atoms with Crippen molar-refractivity contribution < 1.29 is 22.7 Å². The van der Waals surface area contributed by atoms with Gasteiger partial charge in [-0.25, -0.2) is 8.78 Å². The Hall–Kier alpha value is -1.60. The van der Waals surface area contributed by atoms with Crippen LogP contribution in [0.1, 0.15) is 13.8 Å². The molecule has 0 unspecified atom stereocenters. The van der Waals surface area contributed by atoms with Gasteiger partial charge in [-0.1, -0.05) is 24.3 Å². The van der Waals surface area contributed by atoms with Crippen LogP contribution >= 0.6 is 0 Å². The highest BCUT2D eigenvalue weighted by molar-refractivity contribution is 6.46. The van der Waals surface area contributed by atoms with Crippen LogP contribution in [0.4, 0.5) is 8.78 Å². The monoisotopic (exact) mass is 338 g/mol. The maximum absolute atomic E-state index is 13.3. The molecular formula is C17H20F2O3Si. The van der Waals surface area contributed by atoms with E-state index in [0.717, 1.165) is 16.8 Å². The molecular weight excluding hydrogens is 318 g/mol. The highest BCUT2D eigenvalue weighted by atomic mass is 28.2. The molecule has 0 N–H and O–H groups in total. The number of ether oxygens (including phenoxy) is 2. The fourth-order valence-electron chi connectivity index (χ4n) is 2.09. The van der Waals surface area contributed by atoms with Gasteiger partial charge >= 0.3 is 0 Å². The van der Waals surface area contributed by atoms with Gasteiger partial charge in [0.25, 0.3) is 6.48 Å². The minimum atomic E-state index is -1.01. The van der Waals surface area contributed by atoms with E-state index in [2.05, 4.69) is 0 Å². The standard InChI is InChI=1S/C17H20F2O3Si/c1-3-20-17(21-4-2)22-23-16-7-5-12(6-8-16)13-9-14(18)11-15(19)10-13/h5-11,17H,3-4,23H2,1-2H3. The van der Waals surface area contributed by atoms with Gasteiger partial charge < -0.3 is 13.9 Å². The second-order valence-electron chi connectivity index (χ2n) is 4.87. The molecule has 0 fully saturated rings. The summed E-state index contributed by atoms with van der Waals surface area (Å²) in [6.45, 7) is 4.16. The largest absolute Gasteiger partial charge is 0.373 e. The lowest BCUT2D eigenvalue weighted by Crippen LogP contribution is -2.28. The Morgan fingerprint density at radius 2 is 1.43 bits per heavy atom. The molecule has 124 valence electrons. The predicted molar refractivity (Wildman–Crippen MR) is 88.1 cm³/mol. The molecule has 3 nitrogen and oxygen atoms in total. The summed E-state index contributed by atoms with van der Waals surface area (Å²) in [6.07, 6.45) is 0. The van der Waals surface area contributed by atoms with Gasteiger partial charge in [-0.3, -0.25) is 0 Å². The van der Waals surface area contributed by atoms with E-state index in [9.17, 15) is 8.78 Å². The average Bonchev–Trinajstić information content (AvgIpc) is 2.52. The maximum Gasteiger partial charge on any atom is 0.261 e. The van der Waals surface area contributed by atoms with E-state index in [1.807, 2.05) is 38.1 Å². The van der Waals surface area contributed by atoms with Crippen molar-refractivity contribution in [2.45, 2.75) is 20.3 Å². The van der Waals surface area contributed by atoms with Crippen LogP contribution in [0, 0.1) is 11.6 Å². The molecule has 0 bridgehead atoms. The van der Waals surface area contributed by atoms with E-state index in [0.29, 0.717) is 18.8 Å². The van der Waals surface area contributed by atoms with Crippen LogP contribution in [0.25, 0.3) is 11.1 Å². The van der Waals surface area contributed by atoms with Crippen molar-refractivity contribution in [3.8, 4) is 11.1 Å². The topological polar surface area (TPSA) is 27.7 Å². The van der Waals surface area contributed by atoms with E-state index >= 15 is 0 Å². The van der Waals surface area contributed by atoms with E-state index < -0.39 is 27.9 Å². The van der Waals surface area contributed by atoms with E-state index in [1.165, 1.54) is 12.1 Å². The van der Waals surface area contributed by atoms with Crippen molar-refractivity contribution in [1.82, 2.24) is 0 Å². The first kappa shape index (κ1) is 17.7. The van der Waals surface area contributed by atoms with E-state index in [-0.39, 0.29) is 0 Å². The van der Waals surface area contributed by atoms with Crippen LogP contribution in [-0.4, -0.2) is 29.5 Å². The minimum Gasteiger partial charge on any atom is -0.373 e. The van der Waals surface area contributed by atoms with Crippen molar-refractivity contribution in [3.63, 3.8) is 0 Å². The number of halogens is 2. The summed E-state index contributed by atoms with van der Waals surface area (Å²) in [5, 5.41) is 1.05. The van der Waals surface area contributed by atoms with Gasteiger partial charge in [0, 0.05) is 19.3 Å². The third kappa shape index (κ3) is 5.51. The molecule has 2 rings (SSSR count). The Morgan fingerprint density at radius 3 is 1.96 bits per heavy atom. The average molecular weight is 338 g/mol. The second-order valence-corrected chi connectivity index (χ2v) is 6.30. The fourth-order valence-corrected chi connectivity index (χ4v) is 3.04. The number of hydrogen-bond donors (Lipinski definition) is 0. The van der Waals surface area contributed by atoms with Crippen LogP contribution in [0.15, 0.2) is 42.5 Å². The molecule has 0 aromatic heterocycles. The number of benzene rings is 2. The summed E-state index contributed by atoms with van der Waals surface area (Å²) in [7, 11) is -1.01. The first-order chi connectivity index (χ1) is 11.1. The molecule has 2 aromatic rings. The zero-order valence-electron chi connectivity index (χ0n) is 13.2. The van der Waals surface area contributed by atoms with Gasteiger partial charge in [-0.15, -0.1) is 0 Å². The Kier molecular flexibility index (Phi) is 6.85. The van der Waals surface area contributed by atoms with Gasteiger partial charge in [0.15, 0.2) is 9.76 Å². The lowest BCUT2D eigenvalue weighted by molar-refractivity contribution is -0.242. The third-order valence-corrected chi connectivity index (χ3v) is 4.38. The Labute approximate surface area is 137 Å². The van der Waals surface area contributed by atoms with Gasteiger partial charge in [0.05, 0.1) is 0 Å². The molecule has 0 saturated heterocycles. The van der Waals surface area contributed by atoms with Gasteiger partial charge in [-0.2, -0.15) is 0 Å². The van der Waals surface area contributed by atoms with Crippen LogP contribution in [0.5, 0.6) is 0 Å². The molecule has 0 saturated carbocycles. The number of rotatable bonds is 8. The molecule has 0 spiro atoms. The molecule has 0 aliphatic heterocycles. The Balaban J connectivity index is 2.01. The van der Waals surface area contributed by atoms with E-state index in [4.69, 9.17) is 13.9 Å². The van der Waals surface area contributed by atoms with Crippen molar-refractivity contribution in [3.05, 3.63) is 54.1 Å². The normalized spacial score (nSPS) is 11.7. The zero-order chi connectivity index (χ0) is 16.7. The Morgan fingerprint density at radius 1 is 0.870 bits per heavy atom. The van der Waals surface area contributed by atoms with Crippen molar-refractivity contribution in [2.75, 3.05) is 13.2 Å². The second kappa shape index (κ2) is 8.88.